The summed E-state index contributed by atoms with van der Waals surface area (Å²) in [7, 11) is -3.86. The Kier molecular flexibility index (Phi) is 7.01. The number of amides is 1. The smallest absolute Gasteiger partial charge is 0.241 e. The van der Waals surface area contributed by atoms with E-state index in [0.717, 1.165) is 29.2 Å². The highest BCUT2D eigenvalue weighted by atomic mass is 32.2. The van der Waals surface area contributed by atoms with Gasteiger partial charge in [-0.15, -0.1) is 0 Å². The van der Waals surface area contributed by atoms with E-state index in [2.05, 4.69) is 10.0 Å². The summed E-state index contributed by atoms with van der Waals surface area (Å²) in [6.07, 6.45) is 2.08. The molecule has 29 heavy (non-hydrogen) atoms. The van der Waals surface area contributed by atoms with Crippen LogP contribution >= 0.6 is 0 Å². The zero-order valence-corrected chi connectivity index (χ0v) is 17.3. The molecule has 0 spiro atoms. The van der Waals surface area contributed by atoms with Crippen LogP contribution in [0.5, 0.6) is 0 Å². The molecule has 1 amide bonds. The summed E-state index contributed by atoms with van der Waals surface area (Å²) in [5.74, 6) is -0.313. The minimum Gasteiger partial charge on any atom is -0.355 e. The first-order chi connectivity index (χ1) is 14.0. The number of carbonyl (C=O) groups excluding carboxylic acids is 1. The van der Waals surface area contributed by atoms with Crippen molar-refractivity contribution in [2.45, 2.75) is 37.1 Å². The summed E-state index contributed by atoms with van der Waals surface area (Å²) in [4.78, 5) is 12.9. The molecule has 1 atom stereocenters. The molecule has 3 rings (SSSR count). The largest absolute Gasteiger partial charge is 0.355 e. The Morgan fingerprint density at radius 2 is 1.62 bits per heavy atom. The van der Waals surface area contributed by atoms with Crippen LogP contribution in [0.25, 0.3) is 10.8 Å². The standard InChI is InChI=1S/C23H26N2O3S/c1-2-3-15-24-23(26)22(16-18-9-5-4-6-10-18)25-29(27,28)21-14-13-19-11-7-8-12-20(19)17-21/h4-14,17,22,25H,2-3,15-16H2,1H3,(H,24,26). The van der Waals surface area contributed by atoms with Crippen LogP contribution < -0.4 is 10.0 Å². The van der Waals surface area contributed by atoms with Gasteiger partial charge in [0.25, 0.3) is 0 Å². The van der Waals surface area contributed by atoms with E-state index in [4.69, 9.17) is 0 Å². The first-order valence-corrected chi connectivity index (χ1v) is 11.3. The third kappa shape index (κ3) is 5.65. The Morgan fingerprint density at radius 3 is 2.34 bits per heavy atom. The number of carbonyl (C=O) groups is 1. The van der Waals surface area contributed by atoms with Gasteiger partial charge in [-0.25, -0.2) is 8.42 Å². The highest BCUT2D eigenvalue weighted by molar-refractivity contribution is 7.89. The molecule has 0 aliphatic carbocycles. The third-order valence-corrected chi connectivity index (χ3v) is 6.23. The van der Waals surface area contributed by atoms with Crippen LogP contribution in [-0.4, -0.2) is 26.9 Å². The van der Waals surface area contributed by atoms with Gasteiger partial charge in [0.2, 0.25) is 15.9 Å². The van der Waals surface area contributed by atoms with Gasteiger partial charge in [-0.1, -0.05) is 74.0 Å². The summed E-state index contributed by atoms with van der Waals surface area (Å²) >= 11 is 0. The fourth-order valence-electron chi connectivity index (χ4n) is 3.14. The summed E-state index contributed by atoms with van der Waals surface area (Å²) in [5, 5.41) is 4.64. The molecule has 0 bridgehead atoms. The van der Waals surface area contributed by atoms with Gasteiger partial charge in [0.05, 0.1) is 4.90 Å². The Morgan fingerprint density at radius 1 is 0.931 bits per heavy atom. The molecule has 3 aromatic rings. The molecule has 0 aliphatic rings. The van der Waals surface area contributed by atoms with E-state index in [9.17, 15) is 13.2 Å². The molecule has 0 saturated heterocycles. The summed E-state index contributed by atoms with van der Waals surface area (Å²) < 4.78 is 28.6. The second-order valence-corrected chi connectivity index (χ2v) is 8.73. The second kappa shape index (κ2) is 9.67. The van der Waals surface area contributed by atoms with Gasteiger partial charge in [-0.3, -0.25) is 4.79 Å². The van der Waals surface area contributed by atoms with E-state index in [1.54, 1.807) is 18.2 Å². The molecule has 1 unspecified atom stereocenters. The number of fused-ring (bicyclic) bond motifs is 1. The van der Waals surface area contributed by atoms with Crippen molar-refractivity contribution >= 4 is 26.7 Å². The summed E-state index contributed by atoms with van der Waals surface area (Å²) in [6, 6.07) is 21.1. The molecular formula is C23H26N2O3S. The zero-order chi connectivity index (χ0) is 20.7. The third-order valence-electron chi connectivity index (χ3n) is 4.76. The minimum absolute atomic E-state index is 0.149. The minimum atomic E-state index is -3.86. The first kappa shape index (κ1) is 21.0. The van der Waals surface area contributed by atoms with Crippen molar-refractivity contribution in [1.29, 1.82) is 0 Å². The van der Waals surface area contributed by atoms with Gasteiger partial charge in [-0.2, -0.15) is 4.72 Å². The predicted molar refractivity (Wildman–Crippen MR) is 116 cm³/mol. The summed E-state index contributed by atoms with van der Waals surface area (Å²) in [5.41, 5.74) is 0.893. The van der Waals surface area contributed by atoms with E-state index >= 15 is 0 Å². The average Bonchev–Trinajstić information content (AvgIpc) is 2.73. The molecule has 6 heteroatoms. The number of nitrogens with one attached hydrogen (secondary N) is 2. The van der Waals surface area contributed by atoms with E-state index in [1.807, 2.05) is 61.5 Å². The lowest BCUT2D eigenvalue weighted by molar-refractivity contribution is -0.122. The maximum atomic E-state index is 13.0. The fraction of sp³-hybridized carbons (Fsp3) is 0.261. The van der Waals surface area contributed by atoms with Gasteiger partial charge in [0, 0.05) is 6.54 Å². The lowest BCUT2D eigenvalue weighted by Gasteiger charge is -2.19. The normalized spacial score (nSPS) is 12.6. The predicted octanol–water partition coefficient (Wildman–Crippen LogP) is 3.65. The van der Waals surface area contributed by atoms with Crippen molar-refractivity contribution in [3.8, 4) is 0 Å². The quantitative estimate of drug-likeness (QED) is 0.529. The fourth-order valence-corrected chi connectivity index (χ4v) is 4.37. The monoisotopic (exact) mass is 410 g/mol. The molecule has 152 valence electrons. The maximum Gasteiger partial charge on any atom is 0.241 e. The van der Waals surface area contributed by atoms with Crippen LogP contribution in [0.1, 0.15) is 25.3 Å². The Labute approximate surface area is 172 Å². The molecule has 0 saturated carbocycles. The van der Waals surface area contributed by atoms with E-state index in [-0.39, 0.29) is 17.2 Å². The van der Waals surface area contributed by atoms with Crippen molar-refractivity contribution < 1.29 is 13.2 Å². The molecule has 0 aromatic heterocycles. The zero-order valence-electron chi connectivity index (χ0n) is 16.5. The molecule has 5 nitrogen and oxygen atoms in total. The molecule has 0 heterocycles. The van der Waals surface area contributed by atoms with Crippen molar-refractivity contribution in [3.63, 3.8) is 0 Å². The molecule has 0 fully saturated rings. The number of hydrogen-bond donors (Lipinski definition) is 2. The number of benzene rings is 3. The van der Waals surface area contributed by atoms with Gasteiger partial charge >= 0.3 is 0 Å². The number of rotatable bonds is 9. The highest BCUT2D eigenvalue weighted by Gasteiger charge is 2.26. The van der Waals surface area contributed by atoms with E-state index in [1.165, 1.54) is 0 Å². The molecule has 0 radical (unpaired) electrons. The van der Waals surface area contributed by atoms with Crippen molar-refractivity contribution in [1.82, 2.24) is 10.0 Å². The maximum absolute atomic E-state index is 13.0. The number of hydrogen-bond acceptors (Lipinski definition) is 3. The van der Waals surface area contributed by atoms with Crippen LogP contribution in [0.2, 0.25) is 0 Å². The lowest BCUT2D eigenvalue weighted by atomic mass is 10.1. The Bertz CT molecular complexity index is 1070. The van der Waals surface area contributed by atoms with Gasteiger partial charge in [0.1, 0.15) is 6.04 Å². The Hall–Kier alpha value is -2.70. The molecule has 0 aliphatic heterocycles. The van der Waals surface area contributed by atoms with Crippen LogP contribution in [-0.2, 0) is 21.2 Å². The molecule has 2 N–H and O–H groups in total. The van der Waals surface area contributed by atoms with Gasteiger partial charge in [0.15, 0.2) is 0 Å². The number of unbranched alkanes of at least 4 members (excludes halogenated alkanes) is 1. The lowest BCUT2D eigenvalue weighted by Crippen LogP contribution is -2.48. The van der Waals surface area contributed by atoms with E-state index < -0.39 is 16.1 Å². The Balaban J connectivity index is 1.84. The van der Waals surface area contributed by atoms with Crippen LogP contribution in [0, 0.1) is 0 Å². The van der Waals surface area contributed by atoms with Crippen LogP contribution in [0.4, 0.5) is 0 Å². The first-order valence-electron chi connectivity index (χ1n) is 9.82. The molecule has 3 aromatic carbocycles. The van der Waals surface area contributed by atoms with E-state index in [0.29, 0.717) is 6.54 Å². The topological polar surface area (TPSA) is 75.3 Å². The van der Waals surface area contributed by atoms with Gasteiger partial charge < -0.3 is 5.32 Å². The number of sulfonamides is 1. The van der Waals surface area contributed by atoms with Crippen molar-refractivity contribution in [2.75, 3.05) is 6.54 Å². The molecular weight excluding hydrogens is 384 g/mol. The average molecular weight is 411 g/mol. The van der Waals surface area contributed by atoms with Crippen LogP contribution in [0.3, 0.4) is 0 Å². The van der Waals surface area contributed by atoms with Crippen molar-refractivity contribution in [2.24, 2.45) is 0 Å². The highest BCUT2D eigenvalue weighted by Crippen LogP contribution is 2.19. The SMILES string of the molecule is CCCCNC(=O)C(Cc1ccccc1)NS(=O)(=O)c1ccc2ccccc2c1. The van der Waals surface area contributed by atoms with Crippen LogP contribution in [0.15, 0.2) is 77.7 Å². The summed E-state index contributed by atoms with van der Waals surface area (Å²) in [6.45, 7) is 2.56. The second-order valence-electron chi connectivity index (χ2n) is 7.02. The van der Waals surface area contributed by atoms with Crippen molar-refractivity contribution in [3.05, 3.63) is 78.4 Å². The van der Waals surface area contributed by atoms with Gasteiger partial charge in [-0.05, 0) is 41.3 Å².